The summed E-state index contributed by atoms with van der Waals surface area (Å²) in [7, 11) is 0. The Balaban J connectivity index is 2.13. The molecule has 2 aromatic rings. The van der Waals surface area contributed by atoms with Crippen LogP contribution < -0.4 is 8.92 Å². The van der Waals surface area contributed by atoms with E-state index in [2.05, 4.69) is 0 Å². The molecule has 17 heavy (non-hydrogen) atoms. The van der Waals surface area contributed by atoms with Crippen LogP contribution in [-0.4, -0.2) is 20.7 Å². The van der Waals surface area contributed by atoms with Crippen molar-refractivity contribution in [1.82, 2.24) is 0 Å². The summed E-state index contributed by atoms with van der Waals surface area (Å²) in [5, 5.41) is 0. The van der Waals surface area contributed by atoms with E-state index >= 15 is 0 Å². The van der Waals surface area contributed by atoms with Gasteiger partial charge >= 0.3 is 106 Å². The molecule has 0 unspecified atom stereocenters. The van der Waals surface area contributed by atoms with Gasteiger partial charge in [-0.3, -0.25) is 0 Å². The average molecular weight is 293 g/mol. The summed E-state index contributed by atoms with van der Waals surface area (Å²) >= 11 is 0.156. The van der Waals surface area contributed by atoms with Gasteiger partial charge in [-0.2, -0.15) is 0 Å². The van der Waals surface area contributed by atoms with Crippen LogP contribution in [0.15, 0.2) is 48.5 Å². The van der Waals surface area contributed by atoms with Gasteiger partial charge in [-0.1, -0.05) is 0 Å². The van der Waals surface area contributed by atoms with E-state index in [4.69, 9.17) is 0 Å². The molecule has 0 fully saturated rings. The summed E-state index contributed by atoms with van der Waals surface area (Å²) in [5.41, 5.74) is 0.726. The van der Waals surface area contributed by atoms with Crippen molar-refractivity contribution in [2.24, 2.45) is 0 Å². The van der Waals surface area contributed by atoms with E-state index in [1.54, 1.807) is 19.1 Å². The molecule has 0 aliphatic carbocycles. The standard InChI is InChI=1S/C14H11FOSe/c1-10(16)11-2-6-13(7-3-11)17-14-8-4-12(15)5-9-14/h2-9H,1H3. The fourth-order valence-electron chi connectivity index (χ4n) is 1.40. The predicted molar refractivity (Wildman–Crippen MR) is 67.9 cm³/mol. The van der Waals surface area contributed by atoms with E-state index in [-0.39, 0.29) is 26.6 Å². The average Bonchev–Trinajstić information content (AvgIpc) is 2.33. The van der Waals surface area contributed by atoms with E-state index in [0.717, 1.165) is 10.0 Å². The first-order chi connectivity index (χ1) is 8.15. The fourth-order valence-corrected chi connectivity index (χ4v) is 3.11. The number of rotatable bonds is 3. The number of carbonyl (C=O) groups excluding carboxylic acids is 1. The molecule has 2 rings (SSSR count). The normalized spacial score (nSPS) is 10.2. The molecule has 0 saturated carbocycles. The summed E-state index contributed by atoms with van der Waals surface area (Å²) in [6.07, 6.45) is 0. The Morgan fingerprint density at radius 3 is 1.88 bits per heavy atom. The van der Waals surface area contributed by atoms with Crippen molar-refractivity contribution in [3.05, 3.63) is 59.9 Å². The van der Waals surface area contributed by atoms with E-state index in [0.29, 0.717) is 0 Å². The molecule has 0 aliphatic rings. The number of carbonyl (C=O) groups is 1. The van der Waals surface area contributed by atoms with Gasteiger partial charge in [0.2, 0.25) is 0 Å². The van der Waals surface area contributed by atoms with Crippen molar-refractivity contribution in [1.29, 1.82) is 0 Å². The van der Waals surface area contributed by atoms with Gasteiger partial charge < -0.3 is 0 Å². The minimum absolute atomic E-state index is 0.0748. The van der Waals surface area contributed by atoms with Gasteiger partial charge in [0.15, 0.2) is 0 Å². The molecule has 0 saturated heterocycles. The third-order valence-corrected chi connectivity index (χ3v) is 4.44. The van der Waals surface area contributed by atoms with E-state index in [1.165, 1.54) is 16.6 Å². The van der Waals surface area contributed by atoms with Gasteiger partial charge in [0.1, 0.15) is 0 Å². The second-order valence-corrected chi connectivity index (χ2v) is 6.04. The molecule has 0 heterocycles. The summed E-state index contributed by atoms with van der Waals surface area (Å²) < 4.78 is 15.0. The molecule has 3 heteroatoms. The van der Waals surface area contributed by atoms with Gasteiger partial charge in [0, 0.05) is 0 Å². The van der Waals surface area contributed by atoms with Crippen LogP contribution in [0.5, 0.6) is 0 Å². The van der Waals surface area contributed by atoms with Crippen molar-refractivity contribution >= 4 is 29.7 Å². The van der Waals surface area contributed by atoms with E-state index in [1.807, 2.05) is 24.3 Å². The van der Waals surface area contributed by atoms with E-state index < -0.39 is 0 Å². The molecule has 2 aromatic carbocycles. The Bertz CT molecular complexity index is 517. The SMILES string of the molecule is CC(=O)c1ccc([Se]c2ccc(F)cc2)cc1. The first-order valence-corrected chi connectivity index (χ1v) is 6.91. The van der Waals surface area contributed by atoms with Crippen LogP contribution in [0.2, 0.25) is 0 Å². The number of Topliss-reactive ketones (excluding diaryl/α,β-unsaturated/α-hetero) is 1. The second kappa shape index (κ2) is 5.26. The van der Waals surface area contributed by atoms with Crippen molar-refractivity contribution < 1.29 is 9.18 Å². The Morgan fingerprint density at radius 1 is 0.941 bits per heavy atom. The molecule has 1 nitrogen and oxygen atoms in total. The quantitative estimate of drug-likeness (QED) is 0.621. The Morgan fingerprint density at radius 2 is 1.41 bits per heavy atom. The van der Waals surface area contributed by atoms with Gasteiger partial charge in [-0.25, -0.2) is 0 Å². The third-order valence-electron chi connectivity index (χ3n) is 2.31. The Labute approximate surface area is 106 Å². The maximum absolute atomic E-state index is 12.7. The van der Waals surface area contributed by atoms with Crippen LogP contribution >= 0.6 is 0 Å². The van der Waals surface area contributed by atoms with Crippen LogP contribution in [0, 0.1) is 5.82 Å². The third kappa shape index (κ3) is 3.26. The topological polar surface area (TPSA) is 17.1 Å². The fraction of sp³-hybridized carbons (Fsp3) is 0.0714. The molecular weight excluding hydrogens is 282 g/mol. The first kappa shape index (κ1) is 12.0. The second-order valence-electron chi connectivity index (χ2n) is 3.64. The summed E-state index contributed by atoms with van der Waals surface area (Å²) in [6, 6.07) is 14.1. The molecule has 0 bridgehead atoms. The summed E-state index contributed by atoms with van der Waals surface area (Å²) in [6.45, 7) is 1.56. The molecule has 0 aromatic heterocycles. The van der Waals surface area contributed by atoms with Crippen molar-refractivity contribution in [3.63, 3.8) is 0 Å². The van der Waals surface area contributed by atoms with Crippen LogP contribution in [-0.2, 0) is 0 Å². The van der Waals surface area contributed by atoms with Gasteiger partial charge in [-0.05, 0) is 0 Å². The molecule has 0 aliphatic heterocycles. The zero-order valence-corrected chi connectivity index (χ0v) is 11.0. The molecule has 0 spiro atoms. The number of ketones is 1. The predicted octanol–water partition coefficient (Wildman–Crippen LogP) is 1.68. The zero-order valence-electron chi connectivity index (χ0n) is 9.31. The van der Waals surface area contributed by atoms with Crippen molar-refractivity contribution in [2.45, 2.75) is 6.92 Å². The summed E-state index contributed by atoms with van der Waals surface area (Å²) in [4.78, 5) is 11.1. The molecule has 86 valence electrons. The monoisotopic (exact) mass is 294 g/mol. The van der Waals surface area contributed by atoms with Gasteiger partial charge in [0.25, 0.3) is 0 Å². The van der Waals surface area contributed by atoms with Crippen LogP contribution in [0.1, 0.15) is 17.3 Å². The number of benzene rings is 2. The first-order valence-electron chi connectivity index (χ1n) is 5.19. The number of hydrogen-bond acceptors (Lipinski definition) is 1. The molecule has 0 radical (unpaired) electrons. The van der Waals surface area contributed by atoms with Crippen LogP contribution in [0.4, 0.5) is 4.39 Å². The maximum atomic E-state index is 12.7. The molecule has 0 N–H and O–H groups in total. The van der Waals surface area contributed by atoms with Crippen LogP contribution in [0.3, 0.4) is 0 Å². The zero-order chi connectivity index (χ0) is 12.3. The van der Waals surface area contributed by atoms with Crippen molar-refractivity contribution in [3.8, 4) is 0 Å². The van der Waals surface area contributed by atoms with Gasteiger partial charge in [0.05, 0.1) is 0 Å². The Hall–Kier alpha value is -1.44. The number of halogens is 1. The van der Waals surface area contributed by atoms with Crippen LogP contribution in [0.25, 0.3) is 0 Å². The summed E-state index contributed by atoms with van der Waals surface area (Å²) in [5.74, 6) is -0.137. The molecule has 0 atom stereocenters. The number of hydrogen-bond donors (Lipinski definition) is 0. The molecular formula is C14H11FOSe. The Kier molecular flexibility index (Phi) is 3.72. The van der Waals surface area contributed by atoms with Crippen molar-refractivity contribution in [2.75, 3.05) is 0 Å². The van der Waals surface area contributed by atoms with Gasteiger partial charge in [-0.15, -0.1) is 0 Å². The minimum atomic E-state index is -0.212. The van der Waals surface area contributed by atoms with E-state index in [9.17, 15) is 9.18 Å². The molecule has 0 amide bonds.